The Morgan fingerprint density at radius 1 is 1.30 bits per heavy atom. The van der Waals surface area contributed by atoms with Gasteiger partial charge in [0.1, 0.15) is 6.04 Å². The van der Waals surface area contributed by atoms with E-state index >= 15 is 0 Å². The molecule has 0 fully saturated rings. The fraction of sp³-hybridized carbons (Fsp3) is 0.286. The van der Waals surface area contributed by atoms with Crippen molar-refractivity contribution in [2.45, 2.75) is 18.9 Å². The summed E-state index contributed by atoms with van der Waals surface area (Å²) in [4.78, 5) is 41.0. The molecule has 0 saturated carbocycles. The number of hydrogen-bond donors (Lipinski definition) is 2. The van der Waals surface area contributed by atoms with Crippen molar-refractivity contribution in [3.8, 4) is 0 Å². The molecule has 9 nitrogen and oxygen atoms in total. The SMILES string of the molecule is CN(C)C(=O)CNC(=O)c1oc2cnccc2c1Nc1ccc2c(c1)CCC2N=O. The number of nitroso groups, excluding NO2 is 1. The number of aryl methyl sites for hydroxylation is 1. The van der Waals surface area contributed by atoms with Crippen molar-refractivity contribution in [3.05, 3.63) is 58.5 Å². The van der Waals surface area contributed by atoms with Crippen LogP contribution in [0.25, 0.3) is 11.0 Å². The van der Waals surface area contributed by atoms with Gasteiger partial charge < -0.3 is 20.0 Å². The molecular weight excluding hydrogens is 386 g/mol. The van der Waals surface area contributed by atoms with E-state index < -0.39 is 5.91 Å². The third kappa shape index (κ3) is 3.61. The molecule has 0 bridgehead atoms. The average Bonchev–Trinajstić information content (AvgIpc) is 3.32. The summed E-state index contributed by atoms with van der Waals surface area (Å²) >= 11 is 0. The number of anilines is 2. The van der Waals surface area contributed by atoms with Crippen LogP contribution in [-0.2, 0) is 11.2 Å². The number of benzene rings is 1. The zero-order valence-electron chi connectivity index (χ0n) is 16.6. The Morgan fingerprint density at radius 3 is 2.90 bits per heavy atom. The lowest BCUT2D eigenvalue weighted by Crippen LogP contribution is -2.36. The molecule has 2 amide bonds. The minimum Gasteiger partial charge on any atom is -0.447 e. The van der Waals surface area contributed by atoms with Gasteiger partial charge in [-0.2, -0.15) is 4.91 Å². The van der Waals surface area contributed by atoms with E-state index in [0.717, 1.165) is 23.2 Å². The van der Waals surface area contributed by atoms with Gasteiger partial charge in [0.25, 0.3) is 5.91 Å². The maximum Gasteiger partial charge on any atom is 0.289 e. The summed E-state index contributed by atoms with van der Waals surface area (Å²) in [5.74, 6) is -0.666. The average molecular weight is 407 g/mol. The normalized spacial score (nSPS) is 14.9. The number of carbonyl (C=O) groups is 2. The lowest BCUT2D eigenvalue weighted by Gasteiger charge is -2.12. The Bertz CT molecular complexity index is 1140. The van der Waals surface area contributed by atoms with E-state index in [-0.39, 0.29) is 24.3 Å². The Balaban J connectivity index is 1.65. The second-order valence-electron chi connectivity index (χ2n) is 7.35. The second-order valence-corrected chi connectivity index (χ2v) is 7.35. The van der Waals surface area contributed by atoms with E-state index in [1.807, 2.05) is 18.2 Å². The summed E-state index contributed by atoms with van der Waals surface area (Å²) in [5, 5.41) is 9.73. The van der Waals surface area contributed by atoms with E-state index in [4.69, 9.17) is 4.42 Å². The van der Waals surface area contributed by atoms with Crippen LogP contribution in [0.1, 0.15) is 34.1 Å². The molecule has 1 atom stereocenters. The predicted molar refractivity (Wildman–Crippen MR) is 112 cm³/mol. The minimum atomic E-state index is -0.504. The van der Waals surface area contributed by atoms with Crippen LogP contribution in [0.5, 0.6) is 0 Å². The summed E-state index contributed by atoms with van der Waals surface area (Å²) in [6, 6.07) is 7.14. The first-order valence-electron chi connectivity index (χ1n) is 9.55. The van der Waals surface area contributed by atoms with Crippen molar-refractivity contribution in [1.82, 2.24) is 15.2 Å². The monoisotopic (exact) mass is 407 g/mol. The fourth-order valence-electron chi connectivity index (χ4n) is 3.56. The summed E-state index contributed by atoms with van der Waals surface area (Å²) in [7, 11) is 3.24. The van der Waals surface area contributed by atoms with Crippen LogP contribution in [-0.4, -0.2) is 42.3 Å². The third-order valence-corrected chi connectivity index (χ3v) is 5.18. The van der Waals surface area contributed by atoms with Crippen molar-refractivity contribution < 1.29 is 14.0 Å². The maximum atomic E-state index is 12.7. The molecule has 1 aliphatic carbocycles. The lowest BCUT2D eigenvalue weighted by atomic mass is 10.1. The van der Waals surface area contributed by atoms with Gasteiger partial charge in [-0.05, 0) is 42.2 Å². The van der Waals surface area contributed by atoms with Crippen LogP contribution in [0.2, 0.25) is 0 Å². The highest BCUT2D eigenvalue weighted by atomic mass is 16.3. The molecule has 154 valence electrons. The molecular formula is C21H21N5O4. The van der Waals surface area contributed by atoms with Gasteiger partial charge in [-0.25, -0.2) is 0 Å². The molecule has 30 heavy (non-hydrogen) atoms. The fourth-order valence-corrected chi connectivity index (χ4v) is 3.56. The Morgan fingerprint density at radius 2 is 2.13 bits per heavy atom. The number of likely N-dealkylation sites (N-methyl/N-ethyl adjacent to an activating group) is 1. The van der Waals surface area contributed by atoms with Crippen LogP contribution in [0.4, 0.5) is 11.4 Å². The first kappa shape index (κ1) is 19.6. The number of furan rings is 1. The van der Waals surface area contributed by atoms with Crippen molar-refractivity contribution in [1.29, 1.82) is 0 Å². The number of pyridine rings is 1. The van der Waals surface area contributed by atoms with Gasteiger partial charge >= 0.3 is 0 Å². The molecule has 2 N–H and O–H groups in total. The number of amides is 2. The van der Waals surface area contributed by atoms with Crippen molar-refractivity contribution in [2.24, 2.45) is 5.18 Å². The Kier molecular flexibility index (Phi) is 5.18. The van der Waals surface area contributed by atoms with E-state index in [1.54, 1.807) is 26.4 Å². The topological polar surface area (TPSA) is 117 Å². The first-order chi connectivity index (χ1) is 14.5. The van der Waals surface area contributed by atoms with Gasteiger partial charge in [0.2, 0.25) is 11.7 Å². The zero-order chi connectivity index (χ0) is 21.3. The van der Waals surface area contributed by atoms with E-state index in [9.17, 15) is 14.5 Å². The Labute approximate surface area is 172 Å². The van der Waals surface area contributed by atoms with Gasteiger partial charge in [-0.15, -0.1) is 0 Å². The number of carbonyl (C=O) groups excluding carboxylic acids is 2. The molecule has 1 unspecified atom stereocenters. The highest BCUT2D eigenvalue weighted by Crippen LogP contribution is 2.37. The minimum absolute atomic E-state index is 0.0671. The van der Waals surface area contributed by atoms with Crippen LogP contribution in [0, 0.1) is 4.91 Å². The highest BCUT2D eigenvalue weighted by Gasteiger charge is 2.25. The van der Waals surface area contributed by atoms with Crippen LogP contribution in [0.3, 0.4) is 0 Å². The van der Waals surface area contributed by atoms with Crippen molar-refractivity contribution >= 4 is 34.2 Å². The molecule has 3 aromatic rings. The van der Waals surface area contributed by atoms with Gasteiger partial charge in [-0.3, -0.25) is 14.6 Å². The molecule has 1 aliphatic rings. The number of rotatable bonds is 6. The highest BCUT2D eigenvalue weighted by molar-refractivity contribution is 6.07. The molecule has 0 aliphatic heterocycles. The number of aromatic nitrogens is 1. The standard InChI is InChI=1S/C21H21N5O4/c1-26(2)18(27)11-23-21(28)20-19(15-7-8-22-10-17(15)30-20)24-13-4-5-14-12(9-13)3-6-16(14)25-29/h4-5,7-10,16,24H,3,6,11H2,1-2H3,(H,23,28). The molecule has 4 rings (SSSR count). The van der Waals surface area contributed by atoms with Crippen molar-refractivity contribution in [2.75, 3.05) is 26.0 Å². The molecule has 0 spiro atoms. The molecule has 9 heteroatoms. The number of hydrogen-bond acceptors (Lipinski definition) is 7. The summed E-state index contributed by atoms with van der Waals surface area (Å²) < 4.78 is 5.73. The van der Waals surface area contributed by atoms with Crippen molar-refractivity contribution in [3.63, 3.8) is 0 Å². The van der Waals surface area contributed by atoms with Gasteiger partial charge in [0.05, 0.1) is 18.4 Å². The van der Waals surface area contributed by atoms with E-state index in [2.05, 4.69) is 20.8 Å². The molecule has 2 aromatic heterocycles. The van der Waals surface area contributed by atoms with Crippen LogP contribution < -0.4 is 10.6 Å². The summed E-state index contributed by atoms with van der Waals surface area (Å²) in [6.45, 7) is -0.139. The second kappa shape index (κ2) is 7.94. The number of nitrogens with one attached hydrogen (secondary N) is 2. The molecule has 1 aromatic carbocycles. The summed E-state index contributed by atoms with van der Waals surface area (Å²) in [6.07, 6.45) is 4.63. The quantitative estimate of drug-likeness (QED) is 0.606. The van der Waals surface area contributed by atoms with Gasteiger partial charge in [0, 0.05) is 31.4 Å². The summed E-state index contributed by atoms with van der Waals surface area (Å²) in [5.41, 5.74) is 3.71. The molecule has 0 radical (unpaired) electrons. The number of nitrogens with zero attached hydrogens (tertiary/aromatic N) is 3. The largest absolute Gasteiger partial charge is 0.447 e. The van der Waals surface area contributed by atoms with Gasteiger partial charge in [0.15, 0.2) is 5.58 Å². The van der Waals surface area contributed by atoms with E-state index in [1.165, 1.54) is 11.1 Å². The third-order valence-electron chi connectivity index (χ3n) is 5.18. The molecule has 2 heterocycles. The lowest BCUT2D eigenvalue weighted by molar-refractivity contribution is -0.127. The van der Waals surface area contributed by atoms with E-state index in [0.29, 0.717) is 23.1 Å². The molecule has 0 saturated heterocycles. The van der Waals surface area contributed by atoms with Crippen LogP contribution >= 0.6 is 0 Å². The maximum absolute atomic E-state index is 12.7. The first-order valence-corrected chi connectivity index (χ1v) is 9.55. The zero-order valence-corrected chi connectivity index (χ0v) is 16.6. The van der Waals surface area contributed by atoms with Gasteiger partial charge in [-0.1, -0.05) is 11.2 Å². The smallest absolute Gasteiger partial charge is 0.289 e. The number of fused-ring (bicyclic) bond motifs is 2. The van der Waals surface area contributed by atoms with Crippen LogP contribution in [0.15, 0.2) is 46.3 Å². The predicted octanol–water partition coefficient (Wildman–Crippen LogP) is 3.14. The Hall–Kier alpha value is -3.75.